The van der Waals surface area contributed by atoms with Gasteiger partial charge in [-0.3, -0.25) is 9.59 Å². The van der Waals surface area contributed by atoms with Gasteiger partial charge in [-0.25, -0.2) is 0 Å². The van der Waals surface area contributed by atoms with Crippen molar-refractivity contribution in [2.24, 2.45) is 11.8 Å². The smallest absolute Gasteiger partial charge is 0.251 e. The topological polar surface area (TPSA) is 58.6 Å². The third kappa shape index (κ3) is 5.62. The van der Waals surface area contributed by atoms with Crippen molar-refractivity contribution in [3.05, 3.63) is 65.7 Å². The summed E-state index contributed by atoms with van der Waals surface area (Å²) in [7, 11) is 1.59. The highest BCUT2D eigenvalue weighted by molar-refractivity contribution is 5.97. The summed E-state index contributed by atoms with van der Waals surface area (Å²) in [6.07, 6.45) is 3.06. The molecule has 1 unspecified atom stereocenters. The first-order chi connectivity index (χ1) is 14.5. The number of rotatable bonds is 7. The molecule has 0 radical (unpaired) electrons. The Hall–Kier alpha value is -2.82. The minimum atomic E-state index is -0.523. The van der Waals surface area contributed by atoms with Gasteiger partial charge in [0.25, 0.3) is 5.91 Å². The molecule has 1 saturated heterocycles. The molecule has 2 aromatic carbocycles. The van der Waals surface area contributed by atoms with Crippen LogP contribution < -0.4 is 10.1 Å². The van der Waals surface area contributed by atoms with E-state index in [9.17, 15) is 9.59 Å². The average Bonchev–Trinajstić information content (AvgIpc) is 2.78. The predicted molar refractivity (Wildman–Crippen MR) is 119 cm³/mol. The van der Waals surface area contributed by atoms with Gasteiger partial charge in [-0.05, 0) is 60.9 Å². The van der Waals surface area contributed by atoms with E-state index in [0.29, 0.717) is 17.2 Å². The molecule has 2 amide bonds. The number of benzene rings is 2. The Labute approximate surface area is 179 Å². The molecule has 0 aromatic heterocycles. The lowest BCUT2D eigenvalue weighted by atomic mass is 9.89. The highest BCUT2D eigenvalue weighted by atomic mass is 16.5. The van der Waals surface area contributed by atoms with Crippen molar-refractivity contribution in [3.8, 4) is 5.75 Å². The lowest BCUT2D eigenvalue weighted by Gasteiger charge is -2.35. The SMILES string of the molecule is COc1ccc(C(=O)NC(C(=O)N2CCC(Cc3ccccc3)CC2)C(C)C)cc1. The second kappa shape index (κ2) is 10.3. The van der Waals surface area contributed by atoms with Crippen LogP contribution in [-0.2, 0) is 11.2 Å². The Morgan fingerprint density at radius 2 is 1.67 bits per heavy atom. The highest BCUT2D eigenvalue weighted by Crippen LogP contribution is 2.23. The Balaban J connectivity index is 1.56. The van der Waals surface area contributed by atoms with Gasteiger partial charge in [0.15, 0.2) is 0 Å². The molecule has 2 aromatic rings. The van der Waals surface area contributed by atoms with E-state index >= 15 is 0 Å². The zero-order valence-corrected chi connectivity index (χ0v) is 18.1. The van der Waals surface area contributed by atoms with Crippen molar-refractivity contribution in [2.75, 3.05) is 20.2 Å². The standard InChI is InChI=1S/C25H32N2O3/c1-18(2)23(26-24(28)21-9-11-22(30-3)12-10-21)25(29)27-15-13-20(14-16-27)17-19-7-5-4-6-8-19/h4-12,18,20,23H,13-17H2,1-3H3,(H,26,28). The van der Waals surface area contributed by atoms with E-state index in [2.05, 4.69) is 29.6 Å². The van der Waals surface area contributed by atoms with E-state index < -0.39 is 6.04 Å². The summed E-state index contributed by atoms with van der Waals surface area (Å²) >= 11 is 0. The third-order valence-electron chi connectivity index (χ3n) is 5.86. The number of amides is 2. The molecular weight excluding hydrogens is 376 g/mol. The predicted octanol–water partition coefficient (Wildman–Crippen LogP) is 3.93. The Kier molecular flexibility index (Phi) is 7.50. The molecule has 5 heteroatoms. The molecule has 0 aliphatic carbocycles. The second-order valence-corrected chi connectivity index (χ2v) is 8.38. The van der Waals surface area contributed by atoms with Crippen LogP contribution in [0, 0.1) is 11.8 Å². The van der Waals surface area contributed by atoms with Crippen LogP contribution in [0.25, 0.3) is 0 Å². The van der Waals surface area contributed by atoms with E-state index in [0.717, 1.165) is 32.4 Å². The van der Waals surface area contributed by atoms with E-state index in [1.807, 2.05) is 24.8 Å². The molecular formula is C25H32N2O3. The van der Waals surface area contributed by atoms with Crippen molar-refractivity contribution in [3.63, 3.8) is 0 Å². The largest absolute Gasteiger partial charge is 0.497 e. The fourth-order valence-electron chi connectivity index (χ4n) is 3.98. The number of hydrogen-bond donors (Lipinski definition) is 1. The molecule has 1 heterocycles. The Morgan fingerprint density at radius 1 is 1.03 bits per heavy atom. The van der Waals surface area contributed by atoms with Crippen molar-refractivity contribution in [1.29, 1.82) is 0 Å². The number of hydrogen-bond acceptors (Lipinski definition) is 3. The molecule has 5 nitrogen and oxygen atoms in total. The normalized spacial score (nSPS) is 15.7. The van der Waals surface area contributed by atoms with Crippen LogP contribution in [0.4, 0.5) is 0 Å². The van der Waals surface area contributed by atoms with E-state index in [4.69, 9.17) is 4.74 Å². The highest BCUT2D eigenvalue weighted by Gasteiger charge is 2.31. The first kappa shape index (κ1) is 21.9. The van der Waals surface area contributed by atoms with Crippen LogP contribution in [0.5, 0.6) is 5.75 Å². The molecule has 0 spiro atoms. The number of carbonyl (C=O) groups excluding carboxylic acids is 2. The van der Waals surface area contributed by atoms with Gasteiger partial charge in [0.1, 0.15) is 11.8 Å². The molecule has 1 fully saturated rings. The minimum Gasteiger partial charge on any atom is -0.497 e. The van der Waals surface area contributed by atoms with Crippen LogP contribution in [-0.4, -0.2) is 43.0 Å². The van der Waals surface area contributed by atoms with Crippen molar-refractivity contribution < 1.29 is 14.3 Å². The van der Waals surface area contributed by atoms with Crippen LogP contribution in [0.1, 0.15) is 42.6 Å². The summed E-state index contributed by atoms with van der Waals surface area (Å²) in [6.45, 7) is 5.44. The van der Waals surface area contributed by atoms with Crippen LogP contribution in [0.15, 0.2) is 54.6 Å². The van der Waals surface area contributed by atoms with E-state index in [1.165, 1.54) is 5.56 Å². The van der Waals surface area contributed by atoms with Gasteiger partial charge in [0.2, 0.25) is 5.91 Å². The fraction of sp³-hybridized carbons (Fsp3) is 0.440. The number of carbonyl (C=O) groups is 2. The maximum Gasteiger partial charge on any atom is 0.251 e. The maximum atomic E-state index is 13.2. The van der Waals surface area contributed by atoms with Gasteiger partial charge in [-0.15, -0.1) is 0 Å². The first-order valence-electron chi connectivity index (χ1n) is 10.8. The van der Waals surface area contributed by atoms with E-state index in [1.54, 1.807) is 31.4 Å². The van der Waals surface area contributed by atoms with Crippen molar-refractivity contribution >= 4 is 11.8 Å². The summed E-state index contributed by atoms with van der Waals surface area (Å²) in [4.78, 5) is 27.8. The molecule has 1 aliphatic rings. The molecule has 3 rings (SSSR count). The summed E-state index contributed by atoms with van der Waals surface area (Å²) in [5, 5.41) is 2.95. The lowest BCUT2D eigenvalue weighted by Crippen LogP contribution is -2.53. The molecule has 30 heavy (non-hydrogen) atoms. The van der Waals surface area contributed by atoms with Crippen molar-refractivity contribution in [2.45, 2.75) is 39.2 Å². The number of nitrogens with one attached hydrogen (secondary N) is 1. The molecule has 1 aliphatic heterocycles. The van der Waals surface area contributed by atoms with Crippen molar-refractivity contribution in [1.82, 2.24) is 10.2 Å². The lowest BCUT2D eigenvalue weighted by molar-refractivity contribution is -0.135. The summed E-state index contributed by atoms with van der Waals surface area (Å²) in [5.41, 5.74) is 1.88. The van der Waals surface area contributed by atoms with Gasteiger partial charge < -0.3 is 15.0 Å². The summed E-state index contributed by atoms with van der Waals surface area (Å²) in [5.74, 6) is 1.10. The number of piperidine rings is 1. The zero-order chi connectivity index (χ0) is 21.5. The summed E-state index contributed by atoms with van der Waals surface area (Å²) in [6, 6.07) is 16.9. The summed E-state index contributed by atoms with van der Waals surface area (Å²) < 4.78 is 5.14. The maximum absolute atomic E-state index is 13.2. The monoisotopic (exact) mass is 408 g/mol. The third-order valence-corrected chi connectivity index (χ3v) is 5.86. The van der Waals surface area contributed by atoms with Gasteiger partial charge in [-0.2, -0.15) is 0 Å². The van der Waals surface area contributed by atoms with Crippen LogP contribution >= 0.6 is 0 Å². The average molecular weight is 409 g/mol. The zero-order valence-electron chi connectivity index (χ0n) is 18.1. The molecule has 1 atom stereocenters. The molecule has 0 saturated carbocycles. The fourth-order valence-corrected chi connectivity index (χ4v) is 3.98. The van der Waals surface area contributed by atoms with Crippen LogP contribution in [0.3, 0.4) is 0 Å². The van der Waals surface area contributed by atoms with Gasteiger partial charge in [-0.1, -0.05) is 44.2 Å². The van der Waals surface area contributed by atoms with Gasteiger partial charge in [0.05, 0.1) is 7.11 Å². The first-order valence-corrected chi connectivity index (χ1v) is 10.8. The molecule has 1 N–H and O–H groups in total. The number of likely N-dealkylation sites (tertiary alicyclic amines) is 1. The van der Waals surface area contributed by atoms with Crippen LogP contribution in [0.2, 0.25) is 0 Å². The second-order valence-electron chi connectivity index (χ2n) is 8.38. The quantitative estimate of drug-likeness (QED) is 0.755. The number of ether oxygens (including phenoxy) is 1. The Bertz CT molecular complexity index is 825. The number of nitrogens with zero attached hydrogens (tertiary/aromatic N) is 1. The number of methoxy groups -OCH3 is 1. The Morgan fingerprint density at radius 3 is 2.23 bits per heavy atom. The van der Waals surface area contributed by atoms with Gasteiger partial charge in [0, 0.05) is 18.7 Å². The molecule has 0 bridgehead atoms. The van der Waals surface area contributed by atoms with Gasteiger partial charge >= 0.3 is 0 Å². The minimum absolute atomic E-state index is 0.0155. The molecule has 160 valence electrons. The van der Waals surface area contributed by atoms with E-state index in [-0.39, 0.29) is 17.7 Å².